The summed E-state index contributed by atoms with van der Waals surface area (Å²) in [6.07, 6.45) is 7.04. The molecule has 0 spiro atoms. The number of rotatable bonds is 4. The van der Waals surface area contributed by atoms with Gasteiger partial charge < -0.3 is 0 Å². The Balaban J connectivity index is 4.63. The number of ketones is 1. The lowest BCUT2D eigenvalue weighted by atomic mass is 10.0. The van der Waals surface area contributed by atoms with Crippen molar-refractivity contribution < 1.29 is 4.79 Å². The van der Waals surface area contributed by atoms with Crippen molar-refractivity contribution in [2.75, 3.05) is 0 Å². The lowest BCUT2D eigenvalue weighted by Gasteiger charge is -2.03. The van der Waals surface area contributed by atoms with Crippen molar-refractivity contribution in [1.82, 2.24) is 0 Å². The van der Waals surface area contributed by atoms with E-state index in [1.807, 2.05) is 32.9 Å². The van der Waals surface area contributed by atoms with Crippen LogP contribution in [-0.2, 0) is 4.79 Å². The van der Waals surface area contributed by atoms with E-state index in [1.54, 1.807) is 12.2 Å². The Kier molecular flexibility index (Phi) is 5.02. The third-order valence-electron chi connectivity index (χ3n) is 1.45. The van der Waals surface area contributed by atoms with Gasteiger partial charge in [-0.1, -0.05) is 44.7 Å². The Morgan fingerprint density at radius 1 is 1.42 bits per heavy atom. The molecule has 1 nitrogen and oxygen atoms in total. The number of hydrogen-bond donors (Lipinski definition) is 0. The minimum Gasteiger partial charge on any atom is -0.294 e. The van der Waals surface area contributed by atoms with Crippen LogP contribution in [-0.4, -0.2) is 5.78 Å². The highest BCUT2D eigenvalue weighted by Gasteiger charge is 2.09. The van der Waals surface area contributed by atoms with Gasteiger partial charge in [-0.2, -0.15) is 0 Å². The topological polar surface area (TPSA) is 17.1 Å². The molecule has 0 radical (unpaired) electrons. The second kappa shape index (κ2) is 5.53. The van der Waals surface area contributed by atoms with E-state index in [0.29, 0.717) is 0 Å². The molecule has 0 saturated heterocycles. The average molecular weight is 164 g/mol. The number of carbonyl (C=O) groups excluding carboxylic acids is 1. The zero-order chi connectivity index (χ0) is 9.56. The molecule has 0 amide bonds. The predicted molar refractivity (Wildman–Crippen MR) is 52.9 cm³/mol. The smallest absolute Gasteiger partial charge is 0.165 e. The molecule has 0 fully saturated rings. The van der Waals surface area contributed by atoms with Crippen LogP contribution in [0.1, 0.15) is 20.8 Å². The number of carbonyl (C=O) groups is 1. The Morgan fingerprint density at radius 2 is 2.00 bits per heavy atom. The second-order valence-corrected chi connectivity index (χ2v) is 2.88. The summed E-state index contributed by atoms with van der Waals surface area (Å²) in [5, 5.41) is 0. The van der Waals surface area contributed by atoms with E-state index in [0.717, 1.165) is 5.57 Å². The molecule has 0 heterocycles. The van der Waals surface area contributed by atoms with Gasteiger partial charge in [0.1, 0.15) is 0 Å². The third kappa shape index (κ3) is 3.33. The third-order valence-corrected chi connectivity index (χ3v) is 1.45. The van der Waals surface area contributed by atoms with Crippen LogP contribution in [0.4, 0.5) is 0 Å². The molecule has 0 aromatic carbocycles. The Hall–Kier alpha value is -1.11. The zero-order valence-corrected chi connectivity index (χ0v) is 8.00. The van der Waals surface area contributed by atoms with Crippen LogP contribution in [0.15, 0.2) is 36.5 Å². The van der Waals surface area contributed by atoms with Crippen molar-refractivity contribution >= 4 is 5.78 Å². The van der Waals surface area contributed by atoms with E-state index >= 15 is 0 Å². The number of allylic oxidation sites excluding steroid dienone is 5. The second-order valence-electron chi connectivity index (χ2n) is 2.88. The van der Waals surface area contributed by atoms with E-state index in [4.69, 9.17) is 0 Å². The highest BCUT2D eigenvalue weighted by atomic mass is 16.1. The van der Waals surface area contributed by atoms with E-state index in [2.05, 4.69) is 6.58 Å². The van der Waals surface area contributed by atoms with Gasteiger partial charge in [0.25, 0.3) is 0 Å². The summed E-state index contributed by atoms with van der Waals surface area (Å²) in [5.41, 5.74) is 0.725. The summed E-state index contributed by atoms with van der Waals surface area (Å²) < 4.78 is 0. The van der Waals surface area contributed by atoms with Gasteiger partial charge in [-0.25, -0.2) is 0 Å². The first kappa shape index (κ1) is 10.9. The number of Topliss-reactive ketones (excluding diaryl/α,β-unsaturated/α-hetero) is 1. The molecule has 0 N–H and O–H groups in total. The SMILES string of the molecule is C=C/C=C(\C=C/C)C(=O)C(C)C. The highest BCUT2D eigenvalue weighted by Crippen LogP contribution is 2.07. The summed E-state index contributed by atoms with van der Waals surface area (Å²) in [5.74, 6) is 0.209. The molecular formula is C11H16O. The summed E-state index contributed by atoms with van der Waals surface area (Å²) in [6, 6.07) is 0. The minimum atomic E-state index is 0.0485. The van der Waals surface area contributed by atoms with Gasteiger partial charge in [-0.15, -0.1) is 0 Å². The maximum atomic E-state index is 11.5. The Labute approximate surface area is 74.5 Å². The van der Waals surface area contributed by atoms with E-state index in [9.17, 15) is 4.79 Å². The molecule has 0 saturated carbocycles. The van der Waals surface area contributed by atoms with Gasteiger partial charge in [0.2, 0.25) is 0 Å². The van der Waals surface area contributed by atoms with Gasteiger partial charge in [-0.3, -0.25) is 4.79 Å². The summed E-state index contributed by atoms with van der Waals surface area (Å²) in [7, 11) is 0. The lowest BCUT2D eigenvalue weighted by Crippen LogP contribution is -2.08. The van der Waals surface area contributed by atoms with E-state index < -0.39 is 0 Å². The monoisotopic (exact) mass is 164 g/mol. The lowest BCUT2D eigenvalue weighted by molar-refractivity contribution is -0.117. The van der Waals surface area contributed by atoms with Crippen molar-refractivity contribution in [2.24, 2.45) is 5.92 Å². The summed E-state index contributed by atoms with van der Waals surface area (Å²) >= 11 is 0. The maximum Gasteiger partial charge on any atom is 0.165 e. The predicted octanol–water partition coefficient (Wildman–Crippen LogP) is 2.90. The fourth-order valence-electron chi connectivity index (χ4n) is 0.860. The molecule has 0 unspecified atom stereocenters. The first-order valence-electron chi connectivity index (χ1n) is 4.13. The van der Waals surface area contributed by atoms with Crippen LogP contribution in [0.25, 0.3) is 0 Å². The molecule has 0 atom stereocenters. The van der Waals surface area contributed by atoms with Crippen LogP contribution in [0, 0.1) is 5.92 Å². The molecule has 0 bridgehead atoms. The van der Waals surface area contributed by atoms with Gasteiger partial charge in [0, 0.05) is 11.5 Å². The minimum absolute atomic E-state index is 0.0485. The van der Waals surface area contributed by atoms with Crippen molar-refractivity contribution in [3.8, 4) is 0 Å². The highest BCUT2D eigenvalue weighted by molar-refractivity contribution is 5.99. The zero-order valence-electron chi connectivity index (χ0n) is 8.00. The van der Waals surface area contributed by atoms with Gasteiger partial charge in [0.05, 0.1) is 0 Å². The van der Waals surface area contributed by atoms with Crippen molar-refractivity contribution in [3.05, 3.63) is 36.5 Å². The first-order valence-corrected chi connectivity index (χ1v) is 4.13. The van der Waals surface area contributed by atoms with Gasteiger partial charge in [0.15, 0.2) is 5.78 Å². The molecule has 1 heteroatoms. The maximum absolute atomic E-state index is 11.5. The Morgan fingerprint density at radius 3 is 2.33 bits per heavy atom. The molecule has 0 aliphatic heterocycles. The van der Waals surface area contributed by atoms with Crippen molar-refractivity contribution in [2.45, 2.75) is 20.8 Å². The Bertz CT molecular complexity index is 219. The van der Waals surface area contributed by atoms with Crippen LogP contribution in [0.5, 0.6) is 0 Å². The first-order chi connectivity index (χ1) is 5.63. The normalized spacial score (nSPS) is 12.5. The summed E-state index contributed by atoms with van der Waals surface area (Å²) in [6.45, 7) is 9.24. The van der Waals surface area contributed by atoms with Crippen LogP contribution in [0.2, 0.25) is 0 Å². The molecule has 0 aliphatic rings. The molecule has 0 aliphatic carbocycles. The summed E-state index contributed by atoms with van der Waals surface area (Å²) in [4.78, 5) is 11.5. The fourth-order valence-corrected chi connectivity index (χ4v) is 0.860. The molecule has 0 aromatic heterocycles. The van der Waals surface area contributed by atoms with Gasteiger partial charge in [-0.05, 0) is 6.92 Å². The van der Waals surface area contributed by atoms with E-state index in [1.165, 1.54) is 0 Å². The van der Waals surface area contributed by atoms with Crippen LogP contribution >= 0.6 is 0 Å². The molecule has 12 heavy (non-hydrogen) atoms. The largest absolute Gasteiger partial charge is 0.294 e. The van der Waals surface area contributed by atoms with Crippen LogP contribution in [0.3, 0.4) is 0 Å². The van der Waals surface area contributed by atoms with Gasteiger partial charge >= 0.3 is 0 Å². The van der Waals surface area contributed by atoms with Crippen molar-refractivity contribution in [1.29, 1.82) is 0 Å². The molecule has 0 rings (SSSR count). The van der Waals surface area contributed by atoms with Crippen LogP contribution < -0.4 is 0 Å². The average Bonchev–Trinajstić information content (AvgIpc) is 2.03. The standard InChI is InChI=1S/C11H16O/c1-5-7-10(8-6-2)11(12)9(3)4/h5-9H,1H2,2-4H3/b8-6-,10-7+. The molecular weight excluding hydrogens is 148 g/mol. The van der Waals surface area contributed by atoms with E-state index in [-0.39, 0.29) is 11.7 Å². The number of hydrogen-bond acceptors (Lipinski definition) is 1. The molecule has 0 aromatic rings. The fraction of sp³-hybridized carbons (Fsp3) is 0.364. The quantitative estimate of drug-likeness (QED) is 0.461. The molecule has 66 valence electrons. The van der Waals surface area contributed by atoms with Crippen molar-refractivity contribution in [3.63, 3.8) is 0 Å².